The number of carbonyl (C=O) groups excluding carboxylic acids is 4. The van der Waals surface area contributed by atoms with Gasteiger partial charge in [-0.2, -0.15) is 0 Å². The summed E-state index contributed by atoms with van der Waals surface area (Å²) in [6, 6.07) is 10.6. The Labute approximate surface area is 155 Å². The molecule has 0 spiro atoms. The number of hydrogen-bond acceptors (Lipinski definition) is 7. The summed E-state index contributed by atoms with van der Waals surface area (Å²) in [6.07, 6.45) is 1.35. The average Bonchev–Trinajstić information content (AvgIpc) is 3.40. The van der Waals surface area contributed by atoms with E-state index in [1.54, 1.807) is 23.6 Å². The van der Waals surface area contributed by atoms with Gasteiger partial charge in [0.05, 0.1) is 23.0 Å². The molecule has 1 N–H and O–H groups in total. The Hall–Kier alpha value is -3.72. The number of nitrogens with zero attached hydrogens (tertiary/aromatic N) is 1. The van der Waals surface area contributed by atoms with Crippen LogP contribution in [0.3, 0.4) is 0 Å². The van der Waals surface area contributed by atoms with Gasteiger partial charge in [-0.05, 0) is 35.7 Å². The molecule has 0 radical (unpaired) electrons. The summed E-state index contributed by atoms with van der Waals surface area (Å²) in [4.78, 5) is 54.1. The molecule has 9 heteroatoms. The van der Waals surface area contributed by atoms with Gasteiger partial charge < -0.3 is 14.6 Å². The summed E-state index contributed by atoms with van der Waals surface area (Å²) in [5.74, 6) is -2.86. The van der Waals surface area contributed by atoms with Crippen molar-refractivity contribution in [2.75, 3.05) is 5.32 Å². The third-order valence-electron chi connectivity index (χ3n) is 3.79. The number of hydroxylamine groups is 2. The third kappa shape index (κ3) is 2.89. The highest BCUT2D eigenvalue weighted by atomic mass is 32.1. The smallest absolute Gasteiger partial charge is 0.366 e. The summed E-state index contributed by atoms with van der Waals surface area (Å²) >= 11 is 1.09. The van der Waals surface area contributed by atoms with E-state index < -0.39 is 23.7 Å². The van der Waals surface area contributed by atoms with Crippen LogP contribution in [-0.2, 0) is 4.84 Å². The predicted octanol–water partition coefficient (Wildman–Crippen LogP) is 2.96. The normalized spacial score (nSPS) is 12.8. The summed E-state index contributed by atoms with van der Waals surface area (Å²) in [7, 11) is 0. The highest BCUT2D eigenvalue weighted by Crippen LogP contribution is 2.27. The Kier molecular flexibility index (Phi) is 4.05. The first-order chi connectivity index (χ1) is 13.1. The number of hydrogen-bond donors (Lipinski definition) is 1. The number of benzene rings is 1. The Balaban J connectivity index is 1.52. The molecule has 3 amide bonds. The van der Waals surface area contributed by atoms with Gasteiger partial charge in [0.2, 0.25) is 0 Å². The van der Waals surface area contributed by atoms with E-state index in [1.807, 2.05) is 0 Å². The van der Waals surface area contributed by atoms with Crippen LogP contribution in [-0.4, -0.2) is 28.8 Å². The van der Waals surface area contributed by atoms with Gasteiger partial charge in [0.15, 0.2) is 5.76 Å². The molecular weight excluding hydrogens is 372 g/mol. The summed E-state index contributed by atoms with van der Waals surface area (Å²) in [6.45, 7) is 0. The van der Waals surface area contributed by atoms with E-state index in [2.05, 4.69) is 5.32 Å². The molecule has 0 fully saturated rings. The van der Waals surface area contributed by atoms with Gasteiger partial charge in [0.25, 0.3) is 17.7 Å². The Morgan fingerprint density at radius 1 is 1.00 bits per heavy atom. The second-order valence-electron chi connectivity index (χ2n) is 5.42. The van der Waals surface area contributed by atoms with Crippen molar-refractivity contribution in [3.05, 3.63) is 76.6 Å². The Bertz CT molecular complexity index is 1030. The Morgan fingerprint density at radius 3 is 2.33 bits per heavy atom. The van der Waals surface area contributed by atoms with Crippen LogP contribution in [0.4, 0.5) is 5.00 Å². The molecule has 0 saturated carbocycles. The van der Waals surface area contributed by atoms with E-state index in [1.165, 1.54) is 30.5 Å². The summed E-state index contributed by atoms with van der Waals surface area (Å²) in [5, 5.41) is 4.73. The number of carbonyl (C=O) groups is 4. The molecule has 0 saturated heterocycles. The van der Waals surface area contributed by atoms with Crippen molar-refractivity contribution in [1.29, 1.82) is 0 Å². The van der Waals surface area contributed by atoms with Crippen molar-refractivity contribution >= 4 is 40.0 Å². The summed E-state index contributed by atoms with van der Waals surface area (Å²) in [5.41, 5.74) is 0.329. The van der Waals surface area contributed by atoms with Crippen LogP contribution in [0.1, 0.15) is 41.6 Å². The van der Waals surface area contributed by atoms with Gasteiger partial charge in [0, 0.05) is 0 Å². The van der Waals surface area contributed by atoms with Crippen LogP contribution in [0.15, 0.2) is 58.5 Å². The lowest BCUT2D eigenvalue weighted by Crippen LogP contribution is -2.32. The second-order valence-corrected chi connectivity index (χ2v) is 6.34. The number of anilines is 1. The SMILES string of the molecule is O=C(Nc1sccc1C(=O)ON1C(=O)c2ccccc2C1=O)c1ccco1. The molecule has 0 aliphatic carbocycles. The van der Waals surface area contributed by atoms with Gasteiger partial charge in [0.1, 0.15) is 5.00 Å². The van der Waals surface area contributed by atoms with Crippen molar-refractivity contribution in [3.63, 3.8) is 0 Å². The molecule has 3 heterocycles. The van der Waals surface area contributed by atoms with E-state index in [0.717, 1.165) is 11.3 Å². The molecule has 4 rings (SSSR count). The molecule has 2 aromatic heterocycles. The molecule has 0 unspecified atom stereocenters. The van der Waals surface area contributed by atoms with E-state index in [4.69, 9.17) is 9.25 Å². The molecule has 27 heavy (non-hydrogen) atoms. The van der Waals surface area contributed by atoms with Crippen LogP contribution < -0.4 is 5.32 Å². The largest absolute Gasteiger partial charge is 0.459 e. The van der Waals surface area contributed by atoms with E-state index in [9.17, 15) is 19.2 Å². The number of nitrogens with one attached hydrogen (secondary N) is 1. The molecule has 1 aliphatic rings. The van der Waals surface area contributed by atoms with Gasteiger partial charge in [-0.3, -0.25) is 14.4 Å². The predicted molar refractivity (Wildman–Crippen MR) is 93.3 cm³/mol. The fraction of sp³-hybridized carbons (Fsp3) is 0. The fourth-order valence-corrected chi connectivity index (χ4v) is 3.29. The fourth-order valence-electron chi connectivity index (χ4n) is 2.52. The van der Waals surface area contributed by atoms with Gasteiger partial charge >= 0.3 is 5.97 Å². The zero-order valence-corrected chi connectivity index (χ0v) is 14.3. The zero-order chi connectivity index (χ0) is 19.0. The van der Waals surface area contributed by atoms with Crippen LogP contribution >= 0.6 is 11.3 Å². The number of thiophene rings is 1. The maximum absolute atomic E-state index is 12.5. The van der Waals surface area contributed by atoms with Crippen molar-refractivity contribution in [1.82, 2.24) is 5.06 Å². The zero-order valence-electron chi connectivity index (χ0n) is 13.5. The number of rotatable bonds is 4. The van der Waals surface area contributed by atoms with E-state index in [-0.39, 0.29) is 27.5 Å². The summed E-state index contributed by atoms with van der Waals surface area (Å²) < 4.78 is 4.99. The highest BCUT2D eigenvalue weighted by molar-refractivity contribution is 7.14. The Morgan fingerprint density at radius 2 is 1.70 bits per heavy atom. The van der Waals surface area contributed by atoms with Gasteiger partial charge in [-0.25, -0.2) is 4.79 Å². The molecule has 3 aromatic rings. The van der Waals surface area contributed by atoms with Crippen LogP contribution in [0.25, 0.3) is 0 Å². The van der Waals surface area contributed by atoms with Crippen LogP contribution in [0.2, 0.25) is 0 Å². The van der Waals surface area contributed by atoms with E-state index >= 15 is 0 Å². The van der Waals surface area contributed by atoms with Crippen LogP contribution in [0.5, 0.6) is 0 Å². The minimum atomic E-state index is -0.944. The molecular formula is C18H10N2O6S. The van der Waals surface area contributed by atoms with Crippen molar-refractivity contribution < 1.29 is 28.4 Å². The number of furan rings is 1. The van der Waals surface area contributed by atoms with Crippen molar-refractivity contribution in [2.24, 2.45) is 0 Å². The standard InChI is InChI=1S/C18H10N2O6S/c21-14(13-6-3-8-25-13)19-15-12(7-9-27-15)18(24)26-20-16(22)10-4-1-2-5-11(10)17(20)23/h1-9H,(H,19,21). The topological polar surface area (TPSA) is 106 Å². The third-order valence-corrected chi connectivity index (χ3v) is 4.62. The first kappa shape index (κ1) is 16.7. The lowest BCUT2D eigenvalue weighted by Gasteiger charge is -2.13. The lowest BCUT2D eigenvalue weighted by molar-refractivity contribution is -0.0583. The number of imide groups is 1. The highest BCUT2D eigenvalue weighted by Gasteiger charge is 2.39. The van der Waals surface area contributed by atoms with Crippen molar-refractivity contribution in [3.8, 4) is 0 Å². The molecule has 134 valence electrons. The molecule has 8 nitrogen and oxygen atoms in total. The maximum Gasteiger partial charge on any atom is 0.366 e. The van der Waals surface area contributed by atoms with Gasteiger partial charge in [-0.1, -0.05) is 17.2 Å². The quantitative estimate of drug-likeness (QED) is 0.696. The molecule has 1 aromatic carbocycles. The minimum Gasteiger partial charge on any atom is -0.459 e. The maximum atomic E-state index is 12.5. The van der Waals surface area contributed by atoms with Gasteiger partial charge in [-0.15, -0.1) is 11.3 Å². The van der Waals surface area contributed by atoms with E-state index in [0.29, 0.717) is 5.06 Å². The van der Waals surface area contributed by atoms with Crippen molar-refractivity contribution in [2.45, 2.75) is 0 Å². The number of amides is 3. The van der Waals surface area contributed by atoms with Crippen LogP contribution in [0, 0.1) is 0 Å². The average molecular weight is 382 g/mol. The molecule has 0 atom stereocenters. The number of fused-ring (bicyclic) bond motifs is 1. The monoisotopic (exact) mass is 382 g/mol. The lowest BCUT2D eigenvalue weighted by atomic mass is 10.1. The first-order valence-electron chi connectivity index (χ1n) is 7.68. The molecule has 0 bridgehead atoms. The minimum absolute atomic E-state index is 0.0106. The molecule has 1 aliphatic heterocycles. The first-order valence-corrected chi connectivity index (χ1v) is 8.56. The second kappa shape index (κ2) is 6.54.